The maximum atomic E-state index is 12.5. The van der Waals surface area contributed by atoms with Crippen LogP contribution in [0.15, 0.2) is 42.4 Å². The predicted octanol–water partition coefficient (Wildman–Crippen LogP) is 3.47. The van der Waals surface area contributed by atoms with Crippen molar-refractivity contribution in [3.05, 3.63) is 48.2 Å². The molecule has 2 aromatic rings. The van der Waals surface area contributed by atoms with E-state index in [0.29, 0.717) is 17.2 Å². The van der Waals surface area contributed by atoms with E-state index in [9.17, 15) is 19.5 Å². The van der Waals surface area contributed by atoms with Crippen LogP contribution in [0.2, 0.25) is 0 Å². The number of aromatic nitrogens is 2. The van der Waals surface area contributed by atoms with E-state index in [4.69, 9.17) is 9.47 Å². The lowest BCUT2D eigenvalue weighted by Crippen LogP contribution is -2.45. The average molecular weight is 488 g/mol. The second-order valence-corrected chi connectivity index (χ2v) is 9.09. The Morgan fingerprint density at radius 2 is 1.89 bits per heavy atom. The number of anilines is 1. The molecule has 2 amide bonds. The zero-order chi connectivity index (χ0) is 25.8. The van der Waals surface area contributed by atoms with Crippen LogP contribution in [0.25, 0.3) is 11.3 Å². The van der Waals surface area contributed by atoms with Crippen molar-refractivity contribution < 1.29 is 33.7 Å². The minimum atomic E-state index is -1.16. The van der Waals surface area contributed by atoms with Gasteiger partial charge in [-0.2, -0.15) is 0 Å². The van der Waals surface area contributed by atoms with Gasteiger partial charge in [0.15, 0.2) is 11.4 Å². The van der Waals surface area contributed by atoms with Crippen molar-refractivity contribution in [2.45, 2.75) is 51.5 Å². The van der Waals surface area contributed by atoms with E-state index in [1.54, 1.807) is 58.2 Å². The largest absolute Gasteiger partial charge is 0.476 e. The van der Waals surface area contributed by atoms with Crippen LogP contribution >= 0.6 is 0 Å². The lowest BCUT2D eigenvalue weighted by molar-refractivity contribution is -0.133. The number of amides is 2. The second-order valence-electron chi connectivity index (χ2n) is 9.09. The number of hydrogen-bond donors (Lipinski definition) is 5. The summed E-state index contributed by atoms with van der Waals surface area (Å²) in [6, 6.07) is 6.27. The minimum absolute atomic E-state index is 0.0932. The van der Waals surface area contributed by atoms with E-state index in [1.807, 2.05) is 0 Å². The first-order valence-corrected chi connectivity index (χ1v) is 10.8. The number of aliphatic carboxylic acids is 1. The molecule has 12 nitrogen and oxygen atoms in total. The summed E-state index contributed by atoms with van der Waals surface area (Å²) < 4.78 is 15.5. The molecule has 3 rings (SSSR count). The molecule has 0 fully saturated rings. The molecule has 0 aliphatic carbocycles. The van der Waals surface area contributed by atoms with Crippen LogP contribution in [0.1, 0.15) is 46.0 Å². The van der Waals surface area contributed by atoms with E-state index >= 15 is 0 Å². The van der Waals surface area contributed by atoms with Gasteiger partial charge in [-0.1, -0.05) is 12.1 Å². The van der Waals surface area contributed by atoms with Crippen LogP contribution < -0.4 is 16.0 Å². The zero-order valence-electron chi connectivity index (χ0n) is 20.1. The van der Waals surface area contributed by atoms with Crippen LogP contribution in [0.5, 0.6) is 0 Å². The van der Waals surface area contributed by atoms with Gasteiger partial charge in [0.2, 0.25) is 0 Å². The monoisotopic (exact) mass is 487 g/mol. The highest BCUT2D eigenvalue weighted by Crippen LogP contribution is 2.30. The van der Waals surface area contributed by atoms with Gasteiger partial charge in [0.1, 0.15) is 17.7 Å². The Labute approximate surface area is 202 Å². The van der Waals surface area contributed by atoms with Gasteiger partial charge in [-0.3, -0.25) is 5.32 Å². The normalized spacial score (nSPS) is 17.9. The van der Waals surface area contributed by atoms with Crippen molar-refractivity contribution in [2.24, 2.45) is 0 Å². The molecule has 5 N–H and O–H groups in total. The van der Waals surface area contributed by atoms with Crippen molar-refractivity contribution in [1.82, 2.24) is 20.6 Å². The van der Waals surface area contributed by atoms with Gasteiger partial charge < -0.3 is 34.9 Å². The number of carbonyl (C=O) groups is 3. The molecule has 0 saturated heterocycles. The van der Waals surface area contributed by atoms with Crippen molar-refractivity contribution in [3.63, 3.8) is 0 Å². The number of nitrogens with zero attached hydrogens (tertiary/aromatic N) is 1. The Hall–Kier alpha value is -4.22. The number of carboxylic acids is 1. The SMILES string of the molecule is COC(=O)Nc1ccc(-c2cnc(C(CC3(C)NC(C(=O)O)=CO3)NC(=O)OC(C)(C)C)[nH]2)cc1. The number of methoxy groups -OCH3 is 1. The molecule has 0 saturated carbocycles. The number of nitrogens with one attached hydrogen (secondary N) is 4. The molecule has 1 aromatic carbocycles. The van der Waals surface area contributed by atoms with E-state index in [1.165, 1.54) is 7.11 Å². The first kappa shape index (κ1) is 25.4. The number of hydrogen-bond acceptors (Lipinski definition) is 8. The second kappa shape index (κ2) is 9.95. The van der Waals surface area contributed by atoms with Gasteiger partial charge in [-0.05, 0) is 45.4 Å². The summed E-state index contributed by atoms with van der Waals surface area (Å²) in [6.07, 6.45) is 1.63. The fourth-order valence-electron chi connectivity index (χ4n) is 3.35. The highest BCUT2D eigenvalue weighted by atomic mass is 16.6. The first-order chi connectivity index (χ1) is 16.4. The van der Waals surface area contributed by atoms with Crippen LogP contribution in [0.3, 0.4) is 0 Å². The molecule has 0 spiro atoms. The number of benzene rings is 1. The quantitative estimate of drug-likeness (QED) is 0.393. The molecule has 1 aliphatic heterocycles. The van der Waals surface area contributed by atoms with Crippen LogP contribution in [-0.2, 0) is 19.0 Å². The summed E-state index contributed by atoms with van der Waals surface area (Å²) >= 11 is 0. The molecule has 2 unspecified atom stereocenters. The Morgan fingerprint density at radius 1 is 1.20 bits per heavy atom. The fourth-order valence-corrected chi connectivity index (χ4v) is 3.35. The third-order valence-corrected chi connectivity index (χ3v) is 4.90. The molecular formula is C23H29N5O7. The Kier molecular flexibility index (Phi) is 7.22. The topological polar surface area (TPSA) is 164 Å². The van der Waals surface area contributed by atoms with E-state index in [0.717, 1.165) is 11.8 Å². The van der Waals surface area contributed by atoms with Crippen molar-refractivity contribution in [2.75, 3.05) is 12.4 Å². The van der Waals surface area contributed by atoms with Gasteiger partial charge in [0, 0.05) is 12.1 Å². The van der Waals surface area contributed by atoms with Gasteiger partial charge in [0.05, 0.1) is 25.0 Å². The molecular weight excluding hydrogens is 458 g/mol. The smallest absolute Gasteiger partial charge is 0.411 e. The number of H-pyrrole nitrogens is 1. The Bertz CT molecular complexity index is 1120. The molecule has 35 heavy (non-hydrogen) atoms. The highest BCUT2D eigenvalue weighted by molar-refractivity contribution is 5.86. The molecule has 2 atom stereocenters. The van der Waals surface area contributed by atoms with Gasteiger partial charge in [0.25, 0.3) is 0 Å². The lowest BCUT2D eigenvalue weighted by atomic mass is 10.0. The van der Waals surface area contributed by atoms with Crippen LogP contribution in [-0.4, -0.2) is 51.7 Å². The molecule has 1 aliphatic rings. The van der Waals surface area contributed by atoms with Gasteiger partial charge in [-0.15, -0.1) is 0 Å². The molecule has 188 valence electrons. The number of imidazole rings is 1. The van der Waals surface area contributed by atoms with E-state index in [2.05, 4.69) is 30.7 Å². The molecule has 0 bridgehead atoms. The fraction of sp³-hybridized carbons (Fsp3) is 0.391. The van der Waals surface area contributed by atoms with Gasteiger partial charge in [-0.25, -0.2) is 19.4 Å². The van der Waals surface area contributed by atoms with Crippen LogP contribution in [0.4, 0.5) is 15.3 Å². The summed E-state index contributed by atoms with van der Waals surface area (Å²) in [5, 5.41) is 17.4. The standard InChI is InChI=1S/C23H29N5O7/c1-22(2,3)35-21(32)27-15(10-23(4)28-17(12-34-23)19(29)30)18-24-11-16(26-18)13-6-8-14(9-7-13)25-20(31)33-5/h6-9,11-12,15,28H,10H2,1-5H3,(H,24,26)(H,25,31)(H,27,32)(H,29,30). The number of alkyl carbamates (subject to hydrolysis) is 1. The van der Waals surface area contributed by atoms with E-state index < -0.39 is 35.5 Å². The first-order valence-electron chi connectivity index (χ1n) is 10.8. The highest BCUT2D eigenvalue weighted by Gasteiger charge is 2.38. The number of rotatable bonds is 7. The van der Waals surface area contributed by atoms with E-state index in [-0.39, 0.29) is 12.1 Å². The minimum Gasteiger partial charge on any atom is -0.476 e. The molecule has 1 aromatic heterocycles. The number of carboxylic acid groups (broad SMARTS) is 1. The number of ether oxygens (including phenoxy) is 3. The summed E-state index contributed by atoms with van der Waals surface area (Å²) in [4.78, 5) is 42.8. The summed E-state index contributed by atoms with van der Waals surface area (Å²) in [5.74, 6) is -0.742. The lowest BCUT2D eigenvalue weighted by Gasteiger charge is -2.30. The van der Waals surface area contributed by atoms with Crippen LogP contribution in [0, 0.1) is 0 Å². The van der Waals surface area contributed by atoms with Crippen molar-refractivity contribution in [3.8, 4) is 11.3 Å². The summed E-state index contributed by atoms with van der Waals surface area (Å²) in [6.45, 7) is 6.91. The Morgan fingerprint density at radius 3 is 2.46 bits per heavy atom. The van der Waals surface area contributed by atoms with Crippen molar-refractivity contribution >= 4 is 23.8 Å². The zero-order valence-corrected chi connectivity index (χ0v) is 20.1. The van der Waals surface area contributed by atoms with Crippen molar-refractivity contribution in [1.29, 1.82) is 0 Å². The average Bonchev–Trinajstić information content (AvgIpc) is 3.40. The summed E-state index contributed by atoms with van der Waals surface area (Å²) in [7, 11) is 1.28. The maximum absolute atomic E-state index is 12.5. The molecule has 12 heteroatoms. The number of carbonyl (C=O) groups excluding carboxylic acids is 2. The predicted molar refractivity (Wildman–Crippen MR) is 125 cm³/mol. The molecule has 0 radical (unpaired) electrons. The Balaban J connectivity index is 1.81. The van der Waals surface area contributed by atoms with Gasteiger partial charge >= 0.3 is 18.2 Å². The number of aromatic amines is 1. The molecule has 2 heterocycles. The third-order valence-electron chi connectivity index (χ3n) is 4.90. The third kappa shape index (κ3) is 6.88. The summed E-state index contributed by atoms with van der Waals surface area (Å²) in [5.41, 5.74) is 0.0873. The maximum Gasteiger partial charge on any atom is 0.411 e.